The van der Waals surface area contributed by atoms with Gasteiger partial charge in [0.15, 0.2) is 0 Å². The van der Waals surface area contributed by atoms with Gasteiger partial charge in [-0.25, -0.2) is 9.97 Å². The normalized spacial score (nSPS) is 10.8. The van der Waals surface area contributed by atoms with Crippen LogP contribution in [0.15, 0.2) is 54.9 Å². The van der Waals surface area contributed by atoms with E-state index in [-0.39, 0.29) is 5.91 Å². The summed E-state index contributed by atoms with van der Waals surface area (Å²) in [4.78, 5) is 20.8. The largest absolute Gasteiger partial charge is 0.352 e. The second-order valence-electron chi connectivity index (χ2n) is 6.05. The molecule has 0 aliphatic rings. The standard InChI is InChI=1S/C19H20N4O/c1-13(2)11-20-19(24)14-6-5-7-15(10-14)23-18-16-8-3-4-9-17(16)21-12-22-18/h3-10,12-13H,11H2,1-2H3,(H,20,24)(H,21,22,23). The van der Waals surface area contributed by atoms with Gasteiger partial charge in [0.1, 0.15) is 12.1 Å². The van der Waals surface area contributed by atoms with Crippen LogP contribution in [-0.2, 0) is 0 Å². The molecule has 0 aliphatic carbocycles. The van der Waals surface area contributed by atoms with Crippen molar-refractivity contribution in [1.82, 2.24) is 15.3 Å². The number of fused-ring (bicyclic) bond motifs is 1. The summed E-state index contributed by atoms with van der Waals surface area (Å²) in [5, 5.41) is 7.14. The average Bonchev–Trinajstić information content (AvgIpc) is 2.60. The number of carbonyl (C=O) groups excluding carboxylic acids is 1. The number of benzene rings is 2. The second-order valence-corrected chi connectivity index (χ2v) is 6.05. The smallest absolute Gasteiger partial charge is 0.251 e. The third kappa shape index (κ3) is 3.68. The molecule has 0 radical (unpaired) electrons. The van der Waals surface area contributed by atoms with Gasteiger partial charge in [-0.2, -0.15) is 0 Å². The molecule has 1 amide bonds. The fourth-order valence-corrected chi connectivity index (χ4v) is 2.38. The molecule has 5 heteroatoms. The molecule has 5 nitrogen and oxygen atoms in total. The van der Waals surface area contributed by atoms with Crippen LogP contribution >= 0.6 is 0 Å². The third-order valence-corrected chi connectivity index (χ3v) is 3.60. The summed E-state index contributed by atoms with van der Waals surface area (Å²) in [6.07, 6.45) is 1.53. The Morgan fingerprint density at radius 1 is 1.08 bits per heavy atom. The summed E-state index contributed by atoms with van der Waals surface area (Å²) in [5.74, 6) is 1.07. The van der Waals surface area contributed by atoms with Gasteiger partial charge in [-0.1, -0.05) is 32.0 Å². The van der Waals surface area contributed by atoms with E-state index in [1.54, 1.807) is 6.07 Å². The minimum absolute atomic E-state index is 0.0695. The molecule has 0 spiro atoms. The van der Waals surface area contributed by atoms with E-state index in [1.807, 2.05) is 42.5 Å². The topological polar surface area (TPSA) is 66.9 Å². The van der Waals surface area contributed by atoms with E-state index in [1.165, 1.54) is 6.33 Å². The average molecular weight is 320 g/mol. The van der Waals surface area contributed by atoms with Crippen molar-refractivity contribution in [2.45, 2.75) is 13.8 Å². The number of carbonyl (C=O) groups is 1. The summed E-state index contributed by atoms with van der Waals surface area (Å²) in [7, 11) is 0. The van der Waals surface area contributed by atoms with E-state index >= 15 is 0 Å². The number of nitrogens with zero attached hydrogens (tertiary/aromatic N) is 2. The quantitative estimate of drug-likeness (QED) is 0.751. The van der Waals surface area contributed by atoms with E-state index in [4.69, 9.17) is 0 Å². The van der Waals surface area contributed by atoms with E-state index in [2.05, 4.69) is 34.4 Å². The molecule has 0 saturated heterocycles. The van der Waals surface area contributed by atoms with Crippen LogP contribution in [0.5, 0.6) is 0 Å². The van der Waals surface area contributed by atoms with Crippen molar-refractivity contribution in [2.75, 3.05) is 11.9 Å². The van der Waals surface area contributed by atoms with Gasteiger partial charge in [0.2, 0.25) is 0 Å². The Morgan fingerprint density at radius 2 is 1.92 bits per heavy atom. The van der Waals surface area contributed by atoms with Crippen molar-refractivity contribution in [3.63, 3.8) is 0 Å². The van der Waals surface area contributed by atoms with Crippen molar-refractivity contribution in [3.05, 3.63) is 60.4 Å². The van der Waals surface area contributed by atoms with Crippen LogP contribution in [-0.4, -0.2) is 22.4 Å². The molecule has 1 aromatic heterocycles. The maximum absolute atomic E-state index is 12.2. The van der Waals surface area contributed by atoms with Gasteiger partial charge < -0.3 is 10.6 Å². The molecular weight excluding hydrogens is 300 g/mol. The first-order valence-corrected chi connectivity index (χ1v) is 7.98. The van der Waals surface area contributed by atoms with Crippen molar-refractivity contribution in [2.24, 2.45) is 5.92 Å². The van der Waals surface area contributed by atoms with Crippen LogP contribution in [0.2, 0.25) is 0 Å². The zero-order valence-corrected chi connectivity index (χ0v) is 13.8. The number of anilines is 2. The molecule has 0 bridgehead atoms. The molecule has 0 saturated carbocycles. The number of amides is 1. The molecule has 2 N–H and O–H groups in total. The highest BCUT2D eigenvalue weighted by Crippen LogP contribution is 2.23. The summed E-state index contributed by atoms with van der Waals surface area (Å²) >= 11 is 0. The Kier molecular flexibility index (Phi) is 4.70. The molecule has 3 rings (SSSR count). The zero-order chi connectivity index (χ0) is 16.9. The second kappa shape index (κ2) is 7.08. The van der Waals surface area contributed by atoms with E-state index in [0.717, 1.165) is 22.4 Å². The molecule has 122 valence electrons. The highest BCUT2D eigenvalue weighted by Gasteiger charge is 2.08. The van der Waals surface area contributed by atoms with Gasteiger partial charge in [-0.15, -0.1) is 0 Å². The van der Waals surface area contributed by atoms with Crippen LogP contribution in [0.3, 0.4) is 0 Å². The number of hydrogen-bond donors (Lipinski definition) is 2. The number of aromatic nitrogens is 2. The predicted molar refractivity (Wildman–Crippen MR) is 96.4 cm³/mol. The summed E-state index contributed by atoms with van der Waals surface area (Å²) in [6.45, 7) is 4.80. The molecule has 3 aromatic rings. The molecule has 0 aliphatic heterocycles. The molecule has 1 heterocycles. The summed E-state index contributed by atoms with van der Waals surface area (Å²) in [6, 6.07) is 15.2. The van der Waals surface area contributed by atoms with Crippen LogP contribution in [0, 0.1) is 5.92 Å². The van der Waals surface area contributed by atoms with E-state index in [0.29, 0.717) is 18.0 Å². The van der Waals surface area contributed by atoms with Crippen molar-refractivity contribution >= 4 is 28.3 Å². The van der Waals surface area contributed by atoms with E-state index in [9.17, 15) is 4.79 Å². The highest BCUT2D eigenvalue weighted by molar-refractivity contribution is 5.96. The maximum atomic E-state index is 12.2. The lowest BCUT2D eigenvalue weighted by molar-refractivity contribution is 0.0949. The number of rotatable bonds is 5. The third-order valence-electron chi connectivity index (χ3n) is 3.60. The maximum Gasteiger partial charge on any atom is 0.251 e. The zero-order valence-electron chi connectivity index (χ0n) is 13.8. The van der Waals surface area contributed by atoms with Crippen molar-refractivity contribution in [3.8, 4) is 0 Å². The highest BCUT2D eigenvalue weighted by atomic mass is 16.1. The molecule has 0 fully saturated rings. The van der Waals surface area contributed by atoms with Crippen LogP contribution in [0.4, 0.5) is 11.5 Å². The molecular formula is C19H20N4O. The van der Waals surface area contributed by atoms with Gasteiger partial charge in [0, 0.05) is 23.2 Å². The lowest BCUT2D eigenvalue weighted by atomic mass is 10.1. The minimum atomic E-state index is -0.0695. The Labute approximate surface area is 141 Å². The Hall–Kier alpha value is -2.95. The number of para-hydroxylation sites is 1. The van der Waals surface area contributed by atoms with Crippen molar-refractivity contribution < 1.29 is 4.79 Å². The molecule has 24 heavy (non-hydrogen) atoms. The lowest BCUT2D eigenvalue weighted by Gasteiger charge is -2.11. The summed E-state index contributed by atoms with van der Waals surface area (Å²) in [5.41, 5.74) is 2.32. The van der Waals surface area contributed by atoms with Crippen LogP contribution in [0.25, 0.3) is 10.9 Å². The molecule has 2 aromatic carbocycles. The first kappa shape index (κ1) is 15.9. The van der Waals surface area contributed by atoms with E-state index < -0.39 is 0 Å². The Bertz CT molecular complexity index is 855. The van der Waals surface area contributed by atoms with Crippen LogP contribution < -0.4 is 10.6 Å². The molecule has 0 unspecified atom stereocenters. The Morgan fingerprint density at radius 3 is 2.75 bits per heavy atom. The van der Waals surface area contributed by atoms with Crippen LogP contribution in [0.1, 0.15) is 24.2 Å². The number of nitrogens with one attached hydrogen (secondary N) is 2. The fraction of sp³-hybridized carbons (Fsp3) is 0.211. The first-order valence-electron chi connectivity index (χ1n) is 7.98. The fourth-order valence-electron chi connectivity index (χ4n) is 2.38. The van der Waals surface area contributed by atoms with Gasteiger partial charge in [0.25, 0.3) is 5.91 Å². The van der Waals surface area contributed by atoms with Gasteiger partial charge in [-0.05, 0) is 36.2 Å². The predicted octanol–water partition coefficient (Wildman–Crippen LogP) is 3.76. The monoisotopic (exact) mass is 320 g/mol. The Balaban J connectivity index is 1.83. The van der Waals surface area contributed by atoms with Gasteiger partial charge in [0.05, 0.1) is 5.52 Å². The summed E-state index contributed by atoms with van der Waals surface area (Å²) < 4.78 is 0. The molecule has 0 atom stereocenters. The van der Waals surface area contributed by atoms with Crippen molar-refractivity contribution in [1.29, 1.82) is 0 Å². The lowest BCUT2D eigenvalue weighted by Crippen LogP contribution is -2.27. The first-order chi connectivity index (χ1) is 11.6. The SMILES string of the molecule is CC(C)CNC(=O)c1cccc(Nc2ncnc3ccccc23)c1. The van der Waals surface area contributed by atoms with Gasteiger partial charge >= 0.3 is 0 Å². The van der Waals surface area contributed by atoms with Gasteiger partial charge in [-0.3, -0.25) is 4.79 Å². The number of hydrogen-bond acceptors (Lipinski definition) is 4. The minimum Gasteiger partial charge on any atom is -0.352 e.